The van der Waals surface area contributed by atoms with Gasteiger partial charge in [0.15, 0.2) is 0 Å². The van der Waals surface area contributed by atoms with Crippen LogP contribution in [-0.2, 0) is 18.3 Å². The SMILES string of the molecule is COC(=O)c1cccnc1NCc1c(C)nn(C)c1C. The fourth-order valence-electron chi connectivity index (χ4n) is 2.07. The fourth-order valence-corrected chi connectivity index (χ4v) is 2.07. The van der Waals surface area contributed by atoms with Crippen molar-refractivity contribution in [1.82, 2.24) is 14.8 Å². The van der Waals surface area contributed by atoms with Gasteiger partial charge >= 0.3 is 5.97 Å². The van der Waals surface area contributed by atoms with E-state index >= 15 is 0 Å². The summed E-state index contributed by atoms with van der Waals surface area (Å²) in [6, 6.07) is 3.39. The first kappa shape index (κ1) is 14.0. The lowest BCUT2D eigenvalue weighted by atomic mass is 10.2. The summed E-state index contributed by atoms with van der Waals surface area (Å²) in [4.78, 5) is 15.9. The van der Waals surface area contributed by atoms with Crippen molar-refractivity contribution in [2.45, 2.75) is 20.4 Å². The van der Waals surface area contributed by atoms with Gasteiger partial charge in [0.1, 0.15) is 11.4 Å². The van der Waals surface area contributed by atoms with Crippen molar-refractivity contribution >= 4 is 11.8 Å². The van der Waals surface area contributed by atoms with E-state index in [0.29, 0.717) is 17.9 Å². The summed E-state index contributed by atoms with van der Waals surface area (Å²) < 4.78 is 6.58. The number of ether oxygens (including phenoxy) is 1. The van der Waals surface area contributed by atoms with E-state index in [1.54, 1.807) is 18.3 Å². The molecular formula is C14H18N4O2. The van der Waals surface area contributed by atoms with Gasteiger partial charge in [0.2, 0.25) is 0 Å². The molecule has 0 amide bonds. The molecule has 0 saturated carbocycles. The van der Waals surface area contributed by atoms with Crippen molar-refractivity contribution in [2.75, 3.05) is 12.4 Å². The van der Waals surface area contributed by atoms with Crippen LogP contribution in [-0.4, -0.2) is 27.8 Å². The highest BCUT2D eigenvalue weighted by Crippen LogP contribution is 2.17. The fraction of sp³-hybridized carbons (Fsp3) is 0.357. The lowest BCUT2D eigenvalue weighted by molar-refractivity contribution is 0.0601. The number of pyridine rings is 1. The topological polar surface area (TPSA) is 69.0 Å². The standard InChI is InChI=1S/C14H18N4O2/c1-9-12(10(2)18(3)17-9)8-16-13-11(14(19)20-4)6-5-7-15-13/h5-7H,8H2,1-4H3,(H,15,16). The third-order valence-electron chi connectivity index (χ3n) is 3.30. The Morgan fingerprint density at radius 3 is 2.80 bits per heavy atom. The largest absolute Gasteiger partial charge is 0.465 e. The highest BCUT2D eigenvalue weighted by Gasteiger charge is 2.14. The molecule has 0 saturated heterocycles. The molecule has 0 unspecified atom stereocenters. The Kier molecular flexibility index (Phi) is 4.02. The minimum Gasteiger partial charge on any atom is -0.465 e. The smallest absolute Gasteiger partial charge is 0.341 e. The number of rotatable bonds is 4. The van der Waals surface area contributed by atoms with E-state index in [1.807, 2.05) is 25.6 Å². The van der Waals surface area contributed by atoms with Gasteiger partial charge < -0.3 is 10.1 Å². The van der Waals surface area contributed by atoms with Gasteiger partial charge in [0, 0.05) is 31.0 Å². The van der Waals surface area contributed by atoms with Crippen LogP contribution in [0.3, 0.4) is 0 Å². The van der Waals surface area contributed by atoms with Crippen molar-refractivity contribution in [1.29, 1.82) is 0 Å². The monoisotopic (exact) mass is 274 g/mol. The molecule has 0 aliphatic carbocycles. The molecule has 0 fully saturated rings. The minimum atomic E-state index is -0.403. The molecule has 2 aromatic heterocycles. The molecule has 0 aliphatic rings. The van der Waals surface area contributed by atoms with Gasteiger partial charge in [-0.25, -0.2) is 9.78 Å². The lowest BCUT2D eigenvalue weighted by Gasteiger charge is -2.09. The summed E-state index contributed by atoms with van der Waals surface area (Å²) in [6.07, 6.45) is 1.64. The molecule has 6 heteroatoms. The van der Waals surface area contributed by atoms with Crippen LogP contribution in [0.1, 0.15) is 27.3 Å². The molecule has 2 rings (SSSR count). The number of carbonyl (C=O) groups excluding carboxylic acids is 1. The lowest BCUT2D eigenvalue weighted by Crippen LogP contribution is -2.10. The van der Waals surface area contributed by atoms with Crippen molar-refractivity contribution in [3.8, 4) is 0 Å². The third kappa shape index (κ3) is 2.64. The van der Waals surface area contributed by atoms with Crippen molar-refractivity contribution in [2.24, 2.45) is 7.05 Å². The third-order valence-corrected chi connectivity index (χ3v) is 3.30. The summed E-state index contributed by atoms with van der Waals surface area (Å²) >= 11 is 0. The molecule has 0 radical (unpaired) electrons. The first-order valence-electron chi connectivity index (χ1n) is 6.31. The minimum absolute atomic E-state index is 0.403. The number of methoxy groups -OCH3 is 1. The second-order valence-corrected chi connectivity index (χ2v) is 4.52. The molecular weight excluding hydrogens is 256 g/mol. The predicted octanol–water partition coefficient (Wildman–Crippen LogP) is 1.83. The summed E-state index contributed by atoms with van der Waals surface area (Å²) in [5.74, 6) is 0.113. The normalized spacial score (nSPS) is 10.4. The van der Waals surface area contributed by atoms with Crippen LogP contribution in [0, 0.1) is 13.8 Å². The zero-order chi connectivity index (χ0) is 14.7. The molecule has 2 heterocycles. The molecule has 6 nitrogen and oxygen atoms in total. The van der Waals surface area contributed by atoms with E-state index in [4.69, 9.17) is 4.74 Å². The zero-order valence-electron chi connectivity index (χ0n) is 12.1. The van der Waals surface area contributed by atoms with E-state index in [2.05, 4.69) is 15.4 Å². The van der Waals surface area contributed by atoms with Gasteiger partial charge in [0.05, 0.1) is 12.8 Å². The second kappa shape index (κ2) is 5.73. The average molecular weight is 274 g/mol. The molecule has 0 aromatic carbocycles. The van der Waals surface area contributed by atoms with Crippen molar-refractivity contribution in [3.05, 3.63) is 40.8 Å². The maximum Gasteiger partial charge on any atom is 0.341 e. The quantitative estimate of drug-likeness (QED) is 0.861. The van der Waals surface area contributed by atoms with Crippen LogP contribution in [0.2, 0.25) is 0 Å². The Morgan fingerprint density at radius 2 is 2.20 bits per heavy atom. The number of anilines is 1. The van der Waals surface area contributed by atoms with Crippen LogP contribution in [0.4, 0.5) is 5.82 Å². The van der Waals surface area contributed by atoms with E-state index < -0.39 is 5.97 Å². The van der Waals surface area contributed by atoms with E-state index in [1.165, 1.54) is 7.11 Å². The molecule has 0 spiro atoms. The van der Waals surface area contributed by atoms with Crippen LogP contribution in [0.5, 0.6) is 0 Å². The highest BCUT2D eigenvalue weighted by molar-refractivity contribution is 5.94. The van der Waals surface area contributed by atoms with Crippen LogP contribution < -0.4 is 5.32 Å². The number of hydrogen-bond acceptors (Lipinski definition) is 5. The van der Waals surface area contributed by atoms with Gasteiger partial charge in [-0.05, 0) is 26.0 Å². The van der Waals surface area contributed by atoms with Gasteiger partial charge in [0.25, 0.3) is 0 Å². The van der Waals surface area contributed by atoms with Gasteiger partial charge in [-0.1, -0.05) is 0 Å². The zero-order valence-corrected chi connectivity index (χ0v) is 12.1. The van der Waals surface area contributed by atoms with E-state index in [0.717, 1.165) is 17.0 Å². The van der Waals surface area contributed by atoms with E-state index in [-0.39, 0.29) is 0 Å². The maximum absolute atomic E-state index is 11.7. The summed E-state index contributed by atoms with van der Waals surface area (Å²) in [7, 11) is 3.26. The van der Waals surface area contributed by atoms with E-state index in [9.17, 15) is 4.79 Å². The molecule has 2 aromatic rings. The second-order valence-electron chi connectivity index (χ2n) is 4.52. The highest BCUT2D eigenvalue weighted by atomic mass is 16.5. The van der Waals surface area contributed by atoms with Crippen LogP contribution in [0.15, 0.2) is 18.3 Å². The van der Waals surface area contributed by atoms with Crippen LogP contribution in [0.25, 0.3) is 0 Å². The molecule has 0 bridgehead atoms. The maximum atomic E-state index is 11.7. The number of aromatic nitrogens is 3. The Morgan fingerprint density at radius 1 is 1.45 bits per heavy atom. The molecule has 1 N–H and O–H groups in total. The Bertz CT molecular complexity index is 634. The van der Waals surface area contributed by atoms with Gasteiger partial charge in [-0.2, -0.15) is 5.10 Å². The first-order chi connectivity index (χ1) is 9.54. The predicted molar refractivity (Wildman–Crippen MR) is 75.6 cm³/mol. The number of esters is 1. The first-order valence-corrected chi connectivity index (χ1v) is 6.31. The Balaban J connectivity index is 2.21. The molecule has 0 aliphatic heterocycles. The number of carbonyl (C=O) groups is 1. The summed E-state index contributed by atoms with van der Waals surface area (Å²) in [6.45, 7) is 4.53. The van der Waals surface area contributed by atoms with Crippen molar-refractivity contribution in [3.63, 3.8) is 0 Å². The Hall–Kier alpha value is -2.37. The number of nitrogens with one attached hydrogen (secondary N) is 1. The van der Waals surface area contributed by atoms with Gasteiger partial charge in [-0.15, -0.1) is 0 Å². The van der Waals surface area contributed by atoms with Crippen molar-refractivity contribution < 1.29 is 9.53 Å². The molecule has 106 valence electrons. The Labute approximate surface area is 117 Å². The summed E-state index contributed by atoms with van der Waals surface area (Å²) in [5, 5.41) is 7.54. The number of nitrogens with zero attached hydrogens (tertiary/aromatic N) is 3. The number of aryl methyl sites for hydroxylation is 2. The molecule has 0 atom stereocenters. The number of hydrogen-bond donors (Lipinski definition) is 1. The average Bonchev–Trinajstić information content (AvgIpc) is 2.70. The molecule has 20 heavy (non-hydrogen) atoms. The summed E-state index contributed by atoms with van der Waals surface area (Å²) in [5.41, 5.74) is 3.58. The van der Waals surface area contributed by atoms with Gasteiger partial charge in [-0.3, -0.25) is 4.68 Å². The van der Waals surface area contributed by atoms with Crippen LogP contribution >= 0.6 is 0 Å².